The second kappa shape index (κ2) is 5.73. The molecule has 2 heterocycles. The van der Waals surface area contributed by atoms with Crippen LogP contribution in [0.25, 0.3) is 0 Å². The molecule has 1 unspecified atom stereocenters. The van der Waals surface area contributed by atoms with Crippen molar-refractivity contribution in [3.05, 3.63) is 40.1 Å². The Morgan fingerprint density at radius 2 is 2.00 bits per heavy atom. The summed E-state index contributed by atoms with van der Waals surface area (Å²) in [7, 11) is 3.64. The van der Waals surface area contributed by atoms with Crippen molar-refractivity contribution in [2.24, 2.45) is 0 Å². The minimum absolute atomic E-state index is 0.0841. The number of ether oxygens (including phenoxy) is 3. The van der Waals surface area contributed by atoms with Crippen LogP contribution in [-0.4, -0.2) is 27.4 Å². The van der Waals surface area contributed by atoms with Gasteiger partial charge in [-0.1, -0.05) is 6.07 Å². The number of rotatable bonds is 4. The van der Waals surface area contributed by atoms with Crippen LogP contribution in [0.1, 0.15) is 16.5 Å². The maximum absolute atomic E-state index is 5.65. The van der Waals surface area contributed by atoms with Crippen molar-refractivity contribution in [2.75, 3.05) is 27.4 Å². The molecule has 0 radical (unpaired) electrons. The molecule has 1 aliphatic rings. The van der Waals surface area contributed by atoms with Crippen LogP contribution in [0.4, 0.5) is 0 Å². The Kier molecular flexibility index (Phi) is 3.80. The first-order valence-electron chi connectivity index (χ1n) is 6.51. The molecule has 2 aromatic rings. The lowest BCUT2D eigenvalue weighted by molar-refractivity contribution is 0.171. The predicted octanol–water partition coefficient (Wildman–Crippen LogP) is 2.84. The Morgan fingerprint density at radius 1 is 1.20 bits per heavy atom. The summed E-state index contributed by atoms with van der Waals surface area (Å²) < 4.78 is 16.6. The molecule has 1 atom stereocenters. The van der Waals surface area contributed by atoms with Crippen LogP contribution >= 0.6 is 11.3 Å². The fourth-order valence-electron chi connectivity index (χ4n) is 2.38. The third kappa shape index (κ3) is 2.34. The van der Waals surface area contributed by atoms with E-state index in [0.717, 1.165) is 27.7 Å². The van der Waals surface area contributed by atoms with Crippen LogP contribution < -0.4 is 19.5 Å². The summed E-state index contributed by atoms with van der Waals surface area (Å²) in [6, 6.07) is 8.14. The summed E-state index contributed by atoms with van der Waals surface area (Å²) in [5.41, 5.74) is 1.14. The molecule has 0 saturated carbocycles. The first-order valence-corrected chi connectivity index (χ1v) is 7.39. The van der Waals surface area contributed by atoms with E-state index in [4.69, 9.17) is 14.2 Å². The van der Waals surface area contributed by atoms with Crippen LogP contribution in [0.2, 0.25) is 0 Å². The second-order valence-electron chi connectivity index (χ2n) is 4.48. The SMILES string of the molecule is CNC(c1ccc2c(c1)OCCO2)c1sccc1OC. The number of thiophene rings is 1. The lowest BCUT2D eigenvalue weighted by atomic mass is 10.0. The van der Waals surface area contributed by atoms with Gasteiger partial charge < -0.3 is 19.5 Å². The lowest BCUT2D eigenvalue weighted by Crippen LogP contribution is -2.19. The Hall–Kier alpha value is -1.72. The van der Waals surface area contributed by atoms with Crippen molar-refractivity contribution < 1.29 is 14.2 Å². The highest BCUT2D eigenvalue weighted by atomic mass is 32.1. The number of fused-ring (bicyclic) bond motifs is 1. The molecule has 1 N–H and O–H groups in total. The van der Waals surface area contributed by atoms with Gasteiger partial charge in [-0.25, -0.2) is 0 Å². The van der Waals surface area contributed by atoms with Gasteiger partial charge in [-0.15, -0.1) is 11.3 Å². The number of hydrogen-bond acceptors (Lipinski definition) is 5. The van der Waals surface area contributed by atoms with Gasteiger partial charge in [0.05, 0.1) is 18.0 Å². The van der Waals surface area contributed by atoms with E-state index >= 15 is 0 Å². The van der Waals surface area contributed by atoms with Crippen LogP contribution in [0, 0.1) is 0 Å². The summed E-state index contributed by atoms with van der Waals surface area (Å²) in [6.45, 7) is 1.21. The molecule has 0 fully saturated rings. The Balaban J connectivity index is 1.97. The summed E-state index contributed by atoms with van der Waals surface area (Å²) in [4.78, 5) is 1.16. The minimum Gasteiger partial charge on any atom is -0.496 e. The quantitative estimate of drug-likeness (QED) is 0.940. The maximum atomic E-state index is 5.65. The van der Waals surface area contributed by atoms with Gasteiger partial charge in [0.25, 0.3) is 0 Å². The molecule has 0 saturated heterocycles. The molecular weight excluding hydrogens is 274 g/mol. The minimum atomic E-state index is 0.0841. The van der Waals surface area contributed by atoms with E-state index in [1.165, 1.54) is 0 Å². The molecule has 0 amide bonds. The molecule has 0 spiro atoms. The average molecular weight is 291 g/mol. The molecule has 1 aliphatic heterocycles. The molecule has 1 aromatic heterocycles. The van der Waals surface area contributed by atoms with Gasteiger partial charge in [-0.05, 0) is 36.2 Å². The highest BCUT2D eigenvalue weighted by Crippen LogP contribution is 2.38. The third-order valence-electron chi connectivity index (χ3n) is 3.33. The summed E-state index contributed by atoms with van der Waals surface area (Å²) >= 11 is 1.68. The third-order valence-corrected chi connectivity index (χ3v) is 4.29. The smallest absolute Gasteiger partial charge is 0.161 e. The van der Waals surface area contributed by atoms with Crippen molar-refractivity contribution in [1.82, 2.24) is 5.32 Å². The highest BCUT2D eigenvalue weighted by Gasteiger charge is 2.21. The van der Waals surface area contributed by atoms with E-state index in [-0.39, 0.29) is 6.04 Å². The van der Waals surface area contributed by atoms with Gasteiger partial charge in [0.1, 0.15) is 19.0 Å². The van der Waals surface area contributed by atoms with E-state index in [2.05, 4.69) is 11.4 Å². The van der Waals surface area contributed by atoms with E-state index in [1.54, 1.807) is 18.4 Å². The van der Waals surface area contributed by atoms with Crippen molar-refractivity contribution in [3.63, 3.8) is 0 Å². The summed E-state index contributed by atoms with van der Waals surface area (Å²) in [5.74, 6) is 2.53. The zero-order valence-electron chi connectivity index (χ0n) is 11.5. The fourth-order valence-corrected chi connectivity index (χ4v) is 3.37. The number of methoxy groups -OCH3 is 1. The maximum Gasteiger partial charge on any atom is 0.161 e. The molecule has 20 heavy (non-hydrogen) atoms. The van der Waals surface area contributed by atoms with E-state index < -0.39 is 0 Å². The van der Waals surface area contributed by atoms with E-state index in [1.807, 2.05) is 30.6 Å². The van der Waals surface area contributed by atoms with E-state index in [9.17, 15) is 0 Å². The predicted molar refractivity (Wildman–Crippen MR) is 79.2 cm³/mol. The van der Waals surface area contributed by atoms with Gasteiger partial charge in [0.15, 0.2) is 11.5 Å². The normalized spacial score (nSPS) is 14.9. The van der Waals surface area contributed by atoms with Crippen molar-refractivity contribution in [3.8, 4) is 17.2 Å². The van der Waals surface area contributed by atoms with Gasteiger partial charge in [-0.2, -0.15) is 0 Å². The Morgan fingerprint density at radius 3 is 2.75 bits per heavy atom. The van der Waals surface area contributed by atoms with Gasteiger partial charge in [0, 0.05) is 0 Å². The number of nitrogens with one attached hydrogen (secondary N) is 1. The molecule has 0 bridgehead atoms. The Bertz CT molecular complexity index is 597. The van der Waals surface area contributed by atoms with Crippen LogP contribution in [-0.2, 0) is 0 Å². The molecule has 0 aliphatic carbocycles. The fraction of sp³-hybridized carbons (Fsp3) is 0.333. The van der Waals surface area contributed by atoms with Crippen molar-refractivity contribution in [2.45, 2.75) is 6.04 Å². The van der Waals surface area contributed by atoms with Crippen molar-refractivity contribution >= 4 is 11.3 Å². The van der Waals surface area contributed by atoms with Crippen molar-refractivity contribution in [1.29, 1.82) is 0 Å². The highest BCUT2D eigenvalue weighted by molar-refractivity contribution is 7.10. The second-order valence-corrected chi connectivity index (χ2v) is 5.43. The van der Waals surface area contributed by atoms with Gasteiger partial charge >= 0.3 is 0 Å². The molecule has 106 valence electrons. The van der Waals surface area contributed by atoms with Crippen LogP contribution in [0.3, 0.4) is 0 Å². The zero-order valence-corrected chi connectivity index (χ0v) is 12.3. The first-order chi connectivity index (χ1) is 9.83. The van der Waals surface area contributed by atoms with Gasteiger partial charge in [0.2, 0.25) is 0 Å². The summed E-state index contributed by atoms with van der Waals surface area (Å²) in [6.07, 6.45) is 0. The van der Waals surface area contributed by atoms with Gasteiger partial charge in [-0.3, -0.25) is 0 Å². The number of benzene rings is 1. The van der Waals surface area contributed by atoms with Crippen LogP contribution in [0.15, 0.2) is 29.6 Å². The molecule has 4 nitrogen and oxygen atoms in total. The Labute approximate surface area is 122 Å². The first kappa shape index (κ1) is 13.3. The topological polar surface area (TPSA) is 39.7 Å². The monoisotopic (exact) mass is 291 g/mol. The number of hydrogen-bond donors (Lipinski definition) is 1. The van der Waals surface area contributed by atoms with Crippen LogP contribution in [0.5, 0.6) is 17.2 Å². The molecule has 5 heteroatoms. The average Bonchev–Trinajstić information content (AvgIpc) is 2.96. The largest absolute Gasteiger partial charge is 0.496 e. The summed E-state index contributed by atoms with van der Waals surface area (Å²) in [5, 5.41) is 5.37. The molecule has 1 aromatic carbocycles. The lowest BCUT2D eigenvalue weighted by Gasteiger charge is -2.22. The standard InChI is InChI=1S/C15H17NO3S/c1-16-14(15-12(17-2)5-8-20-15)10-3-4-11-13(9-10)19-7-6-18-11/h3-5,8-9,14,16H,6-7H2,1-2H3. The zero-order chi connectivity index (χ0) is 13.9. The molecule has 3 rings (SSSR count). The van der Waals surface area contributed by atoms with E-state index in [0.29, 0.717) is 13.2 Å². The molecular formula is C15H17NO3S.